The van der Waals surface area contributed by atoms with Crippen LogP contribution >= 0.6 is 15.9 Å². The van der Waals surface area contributed by atoms with Gasteiger partial charge >= 0.3 is 0 Å². The molecule has 0 heterocycles. The molecule has 0 fully saturated rings. The van der Waals surface area contributed by atoms with Crippen molar-refractivity contribution in [1.29, 1.82) is 0 Å². The lowest BCUT2D eigenvalue weighted by molar-refractivity contribution is -0.118. The number of hydrogen-bond donors (Lipinski definition) is 2. The summed E-state index contributed by atoms with van der Waals surface area (Å²) in [6.07, 6.45) is 0. The summed E-state index contributed by atoms with van der Waals surface area (Å²) in [6, 6.07) is 2.86. The van der Waals surface area contributed by atoms with Gasteiger partial charge in [0.2, 0.25) is 5.91 Å². The highest BCUT2D eigenvalue weighted by Crippen LogP contribution is 2.37. The van der Waals surface area contributed by atoms with E-state index in [0.717, 1.165) is 0 Å². The normalized spacial score (nSPS) is 12.2. The Morgan fingerprint density at radius 3 is 2.11 bits per heavy atom. The molecule has 0 aliphatic heterocycles. The number of carbonyl (C=O) groups is 1. The van der Waals surface area contributed by atoms with E-state index in [9.17, 15) is 4.79 Å². The summed E-state index contributed by atoms with van der Waals surface area (Å²) >= 11 is 3.37. The lowest BCUT2D eigenvalue weighted by Crippen LogP contribution is -2.39. The van der Waals surface area contributed by atoms with Crippen molar-refractivity contribution >= 4 is 27.5 Å². The molecule has 0 unspecified atom stereocenters. The van der Waals surface area contributed by atoms with Crippen molar-refractivity contribution < 1.29 is 14.3 Å². The molecule has 0 aromatic heterocycles. The SMILES string of the molecule is COc1cc(NC(=O)[C@@H](N)C(C)C)cc(OC)c1Br. The quantitative estimate of drug-likeness (QED) is 0.869. The zero-order valence-electron chi connectivity index (χ0n) is 11.5. The number of anilines is 1. The third-order valence-corrected chi connectivity index (χ3v) is 3.52. The molecule has 1 rings (SSSR count). The minimum atomic E-state index is -0.555. The average Bonchev–Trinajstić information content (AvgIpc) is 2.39. The van der Waals surface area contributed by atoms with Crippen LogP contribution in [0.2, 0.25) is 0 Å². The predicted octanol–water partition coefficient (Wildman–Crippen LogP) is 2.39. The fourth-order valence-electron chi connectivity index (χ4n) is 1.47. The highest BCUT2D eigenvalue weighted by atomic mass is 79.9. The summed E-state index contributed by atoms with van der Waals surface area (Å²) in [5.74, 6) is 0.987. The molecular formula is C13H19BrN2O3. The summed E-state index contributed by atoms with van der Waals surface area (Å²) in [7, 11) is 3.09. The maximum absolute atomic E-state index is 11.9. The molecular weight excluding hydrogens is 312 g/mol. The van der Waals surface area contributed by atoms with Gasteiger partial charge in [-0.05, 0) is 21.8 Å². The van der Waals surface area contributed by atoms with Crippen LogP contribution in [0.15, 0.2) is 16.6 Å². The largest absolute Gasteiger partial charge is 0.495 e. The van der Waals surface area contributed by atoms with Crippen molar-refractivity contribution in [3.8, 4) is 11.5 Å². The first kappa shape index (κ1) is 15.8. The van der Waals surface area contributed by atoms with Gasteiger partial charge in [-0.1, -0.05) is 13.8 Å². The minimum Gasteiger partial charge on any atom is -0.495 e. The Hall–Kier alpha value is -1.27. The number of amides is 1. The molecule has 0 bridgehead atoms. The van der Waals surface area contributed by atoms with Crippen molar-refractivity contribution in [3.63, 3.8) is 0 Å². The number of carbonyl (C=O) groups excluding carboxylic acids is 1. The Labute approximate surface area is 121 Å². The Morgan fingerprint density at radius 2 is 1.74 bits per heavy atom. The van der Waals surface area contributed by atoms with Crippen LogP contribution in [0, 0.1) is 5.92 Å². The number of nitrogens with two attached hydrogens (primary N) is 1. The smallest absolute Gasteiger partial charge is 0.241 e. The van der Waals surface area contributed by atoms with Crippen LogP contribution in [0.5, 0.6) is 11.5 Å². The molecule has 0 saturated heterocycles. The number of halogens is 1. The van der Waals surface area contributed by atoms with Gasteiger partial charge in [0, 0.05) is 17.8 Å². The maximum Gasteiger partial charge on any atom is 0.241 e. The molecule has 106 valence electrons. The van der Waals surface area contributed by atoms with Gasteiger partial charge in [0.1, 0.15) is 16.0 Å². The molecule has 0 spiro atoms. The van der Waals surface area contributed by atoms with E-state index in [1.165, 1.54) is 0 Å². The van der Waals surface area contributed by atoms with Gasteiger partial charge in [-0.25, -0.2) is 0 Å². The summed E-state index contributed by atoms with van der Waals surface area (Å²) < 4.78 is 11.1. The molecule has 0 saturated carbocycles. The van der Waals surface area contributed by atoms with Crippen molar-refractivity contribution in [3.05, 3.63) is 16.6 Å². The molecule has 1 aromatic rings. The zero-order valence-corrected chi connectivity index (χ0v) is 13.1. The molecule has 6 heteroatoms. The lowest BCUT2D eigenvalue weighted by atomic mass is 10.0. The third-order valence-electron chi connectivity index (χ3n) is 2.73. The Bertz CT molecular complexity index is 438. The number of benzene rings is 1. The van der Waals surface area contributed by atoms with Crippen LogP contribution in [0.1, 0.15) is 13.8 Å². The van der Waals surface area contributed by atoms with E-state index in [0.29, 0.717) is 21.7 Å². The van der Waals surface area contributed by atoms with E-state index in [2.05, 4.69) is 21.2 Å². The predicted molar refractivity (Wildman–Crippen MR) is 78.7 cm³/mol. The van der Waals surface area contributed by atoms with Gasteiger partial charge in [0.25, 0.3) is 0 Å². The van der Waals surface area contributed by atoms with E-state index in [1.54, 1.807) is 26.4 Å². The van der Waals surface area contributed by atoms with E-state index >= 15 is 0 Å². The molecule has 5 nitrogen and oxygen atoms in total. The van der Waals surface area contributed by atoms with Crippen LogP contribution in [0.25, 0.3) is 0 Å². The summed E-state index contributed by atoms with van der Waals surface area (Å²) in [5, 5.41) is 2.75. The Morgan fingerprint density at radius 1 is 1.26 bits per heavy atom. The third kappa shape index (κ3) is 3.84. The van der Waals surface area contributed by atoms with Crippen LogP contribution in [-0.2, 0) is 4.79 Å². The second kappa shape index (κ2) is 6.77. The van der Waals surface area contributed by atoms with E-state index in [-0.39, 0.29) is 11.8 Å². The minimum absolute atomic E-state index is 0.0687. The van der Waals surface area contributed by atoms with Gasteiger partial charge in [-0.15, -0.1) is 0 Å². The van der Waals surface area contributed by atoms with Gasteiger partial charge in [-0.3, -0.25) is 4.79 Å². The van der Waals surface area contributed by atoms with E-state index in [4.69, 9.17) is 15.2 Å². The number of methoxy groups -OCH3 is 2. The summed E-state index contributed by atoms with van der Waals surface area (Å²) in [5.41, 5.74) is 6.38. The van der Waals surface area contributed by atoms with Gasteiger partial charge < -0.3 is 20.5 Å². The van der Waals surface area contributed by atoms with Crippen molar-refractivity contribution in [1.82, 2.24) is 0 Å². The van der Waals surface area contributed by atoms with Crippen LogP contribution in [-0.4, -0.2) is 26.2 Å². The van der Waals surface area contributed by atoms with Crippen molar-refractivity contribution in [2.45, 2.75) is 19.9 Å². The molecule has 0 aliphatic carbocycles. The highest BCUT2D eigenvalue weighted by molar-refractivity contribution is 9.10. The molecule has 0 radical (unpaired) electrons. The number of nitrogens with one attached hydrogen (secondary N) is 1. The number of ether oxygens (including phenoxy) is 2. The van der Waals surface area contributed by atoms with Crippen molar-refractivity contribution in [2.24, 2.45) is 11.7 Å². The Balaban J connectivity index is 2.99. The van der Waals surface area contributed by atoms with Crippen LogP contribution in [0.3, 0.4) is 0 Å². The fourth-order valence-corrected chi connectivity index (χ4v) is 2.02. The molecule has 1 atom stereocenters. The molecule has 1 aromatic carbocycles. The maximum atomic E-state index is 11.9. The second-order valence-corrected chi connectivity index (χ2v) is 5.25. The summed E-state index contributed by atoms with van der Waals surface area (Å²) in [6.45, 7) is 3.79. The standard InChI is InChI=1S/C13H19BrN2O3/c1-7(2)12(15)13(17)16-8-5-9(18-3)11(14)10(6-8)19-4/h5-7,12H,15H2,1-4H3,(H,16,17)/t12-/m0/s1. The van der Waals surface area contributed by atoms with Crippen molar-refractivity contribution in [2.75, 3.05) is 19.5 Å². The van der Waals surface area contributed by atoms with Crippen LogP contribution in [0.4, 0.5) is 5.69 Å². The number of rotatable bonds is 5. The number of hydrogen-bond acceptors (Lipinski definition) is 4. The first-order chi connectivity index (χ1) is 8.90. The monoisotopic (exact) mass is 330 g/mol. The molecule has 1 amide bonds. The molecule has 3 N–H and O–H groups in total. The first-order valence-corrected chi connectivity index (χ1v) is 6.68. The van der Waals surface area contributed by atoms with Gasteiger partial charge in [-0.2, -0.15) is 0 Å². The van der Waals surface area contributed by atoms with Gasteiger partial charge in [0.15, 0.2) is 0 Å². The first-order valence-electron chi connectivity index (χ1n) is 5.88. The highest BCUT2D eigenvalue weighted by Gasteiger charge is 2.18. The fraction of sp³-hybridized carbons (Fsp3) is 0.462. The average molecular weight is 331 g/mol. The topological polar surface area (TPSA) is 73.6 Å². The summed E-state index contributed by atoms with van der Waals surface area (Å²) in [4.78, 5) is 11.9. The molecule has 0 aliphatic rings. The van der Waals surface area contributed by atoms with E-state index < -0.39 is 6.04 Å². The Kier molecular flexibility index (Phi) is 5.62. The molecule has 19 heavy (non-hydrogen) atoms. The van der Waals surface area contributed by atoms with E-state index in [1.807, 2.05) is 13.8 Å². The second-order valence-electron chi connectivity index (χ2n) is 4.45. The van der Waals surface area contributed by atoms with Gasteiger partial charge in [0.05, 0.1) is 20.3 Å². The lowest BCUT2D eigenvalue weighted by Gasteiger charge is -2.17. The van der Waals surface area contributed by atoms with Crippen LogP contribution < -0.4 is 20.5 Å². The zero-order chi connectivity index (χ0) is 14.6.